The third-order valence-corrected chi connectivity index (χ3v) is 4.36. The van der Waals surface area contributed by atoms with Gasteiger partial charge in [0.1, 0.15) is 0 Å². The number of aromatic hydroxyl groups is 3. The smallest absolute Gasteiger partial charge is 0.206 e. The van der Waals surface area contributed by atoms with Gasteiger partial charge in [-0.15, -0.1) is 0 Å². The molecule has 0 aromatic heterocycles. The van der Waals surface area contributed by atoms with E-state index in [0.29, 0.717) is 23.3 Å². The molecule has 1 aliphatic rings. The largest absolute Gasteiger partial charge is 0.504 e. The second kappa shape index (κ2) is 6.51. The van der Waals surface area contributed by atoms with Gasteiger partial charge in [-0.1, -0.05) is 6.07 Å². The highest BCUT2D eigenvalue weighted by Crippen LogP contribution is 2.50. The summed E-state index contributed by atoms with van der Waals surface area (Å²) in [6.45, 7) is 0.248. The SMILES string of the molecule is COc1ccc(C2COc3c(cc(O)c(OC)c3O)C2)c(O)c1OC. The lowest BCUT2D eigenvalue weighted by Gasteiger charge is -2.28. The number of phenols is 3. The maximum atomic E-state index is 10.5. The molecule has 1 heterocycles. The second-order valence-corrected chi connectivity index (χ2v) is 5.72. The first kappa shape index (κ1) is 16.9. The van der Waals surface area contributed by atoms with Crippen LogP contribution in [0.25, 0.3) is 0 Å². The van der Waals surface area contributed by atoms with Gasteiger partial charge in [-0.25, -0.2) is 0 Å². The molecule has 0 amide bonds. The van der Waals surface area contributed by atoms with Crippen molar-refractivity contribution in [2.45, 2.75) is 12.3 Å². The lowest BCUT2D eigenvalue weighted by molar-refractivity contribution is 0.239. The molecule has 1 unspecified atom stereocenters. The summed E-state index contributed by atoms with van der Waals surface area (Å²) < 4.78 is 21.1. The molecule has 0 saturated carbocycles. The molecule has 1 atom stereocenters. The Labute approximate surface area is 145 Å². The molecule has 0 saturated heterocycles. The monoisotopic (exact) mass is 348 g/mol. The van der Waals surface area contributed by atoms with E-state index in [1.165, 1.54) is 27.4 Å². The Morgan fingerprint density at radius 3 is 2.32 bits per heavy atom. The van der Waals surface area contributed by atoms with Gasteiger partial charge in [-0.3, -0.25) is 0 Å². The van der Waals surface area contributed by atoms with E-state index in [0.717, 1.165) is 0 Å². The minimum absolute atomic E-state index is 0.0131. The van der Waals surface area contributed by atoms with Gasteiger partial charge in [-0.05, 0) is 18.6 Å². The Bertz CT molecular complexity index is 801. The van der Waals surface area contributed by atoms with Crippen LogP contribution in [0.15, 0.2) is 18.2 Å². The van der Waals surface area contributed by atoms with Gasteiger partial charge in [0.25, 0.3) is 0 Å². The third-order valence-electron chi connectivity index (χ3n) is 4.36. The van der Waals surface area contributed by atoms with Crippen LogP contribution in [0.2, 0.25) is 0 Å². The standard InChI is InChI=1S/C18H20O7/c1-22-13-5-4-11(14(20)18(13)24-3)10-6-9-7-12(19)17(23-2)15(21)16(9)25-8-10/h4-5,7,10,19-21H,6,8H2,1-3H3. The van der Waals surface area contributed by atoms with Crippen molar-refractivity contribution in [2.24, 2.45) is 0 Å². The number of methoxy groups -OCH3 is 3. The molecule has 2 aromatic rings. The van der Waals surface area contributed by atoms with Crippen molar-refractivity contribution < 1.29 is 34.3 Å². The van der Waals surface area contributed by atoms with Gasteiger partial charge in [0.15, 0.2) is 23.0 Å². The molecular formula is C18H20O7. The Hall–Kier alpha value is -2.96. The Morgan fingerprint density at radius 2 is 1.68 bits per heavy atom. The Kier molecular flexibility index (Phi) is 4.39. The summed E-state index contributed by atoms with van der Waals surface area (Å²) in [5, 5.41) is 30.7. The summed E-state index contributed by atoms with van der Waals surface area (Å²) >= 11 is 0. The van der Waals surface area contributed by atoms with Crippen molar-refractivity contribution in [1.29, 1.82) is 0 Å². The molecule has 0 bridgehead atoms. The molecular weight excluding hydrogens is 328 g/mol. The summed E-state index contributed by atoms with van der Waals surface area (Å²) in [4.78, 5) is 0. The molecule has 3 rings (SSSR count). The predicted octanol–water partition coefficient (Wildman–Crippen LogP) is 2.55. The molecule has 7 nitrogen and oxygen atoms in total. The molecule has 134 valence electrons. The fraction of sp³-hybridized carbons (Fsp3) is 0.333. The topological polar surface area (TPSA) is 97.6 Å². The maximum Gasteiger partial charge on any atom is 0.206 e. The molecule has 25 heavy (non-hydrogen) atoms. The van der Waals surface area contributed by atoms with Gasteiger partial charge in [0.2, 0.25) is 17.2 Å². The quantitative estimate of drug-likeness (QED) is 0.781. The number of ether oxygens (including phenoxy) is 4. The maximum absolute atomic E-state index is 10.5. The van der Waals surface area contributed by atoms with Gasteiger partial charge < -0.3 is 34.3 Å². The number of fused-ring (bicyclic) bond motifs is 1. The zero-order valence-corrected chi connectivity index (χ0v) is 14.2. The van der Waals surface area contributed by atoms with Gasteiger partial charge in [-0.2, -0.15) is 0 Å². The third kappa shape index (κ3) is 2.71. The van der Waals surface area contributed by atoms with Crippen LogP contribution in [0, 0.1) is 0 Å². The van der Waals surface area contributed by atoms with E-state index in [2.05, 4.69) is 0 Å². The van der Waals surface area contributed by atoms with Crippen LogP contribution in [-0.4, -0.2) is 43.3 Å². The Morgan fingerprint density at radius 1 is 0.960 bits per heavy atom. The lowest BCUT2D eigenvalue weighted by Crippen LogP contribution is -2.19. The minimum Gasteiger partial charge on any atom is -0.504 e. The van der Waals surface area contributed by atoms with E-state index in [4.69, 9.17) is 18.9 Å². The van der Waals surface area contributed by atoms with Gasteiger partial charge in [0, 0.05) is 17.0 Å². The van der Waals surface area contributed by atoms with Gasteiger partial charge >= 0.3 is 0 Å². The number of phenolic OH excluding ortho intramolecular Hbond substituents is 3. The van der Waals surface area contributed by atoms with E-state index in [1.807, 2.05) is 0 Å². The molecule has 0 aliphatic carbocycles. The van der Waals surface area contributed by atoms with Crippen molar-refractivity contribution in [3.8, 4) is 40.2 Å². The van der Waals surface area contributed by atoms with E-state index >= 15 is 0 Å². The van der Waals surface area contributed by atoms with E-state index in [1.54, 1.807) is 12.1 Å². The summed E-state index contributed by atoms with van der Waals surface area (Å²) in [5.41, 5.74) is 1.26. The summed E-state index contributed by atoms with van der Waals surface area (Å²) in [5.74, 6) is 0.358. The van der Waals surface area contributed by atoms with Crippen molar-refractivity contribution >= 4 is 0 Å². The second-order valence-electron chi connectivity index (χ2n) is 5.72. The number of benzene rings is 2. The van der Waals surface area contributed by atoms with Gasteiger partial charge in [0.05, 0.1) is 27.9 Å². The zero-order valence-electron chi connectivity index (χ0n) is 14.2. The number of rotatable bonds is 4. The average Bonchev–Trinajstić information content (AvgIpc) is 2.61. The van der Waals surface area contributed by atoms with Crippen LogP contribution in [0.5, 0.6) is 40.2 Å². The van der Waals surface area contributed by atoms with Crippen LogP contribution in [0.3, 0.4) is 0 Å². The van der Waals surface area contributed by atoms with Crippen molar-refractivity contribution in [3.63, 3.8) is 0 Å². The van der Waals surface area contributed by atoms with Crippen LogP contribution in [0.4, 0.5) is 0 Å². The highest BCUT2D eigenvalue weighted by Gasteiger charge is 2.30. The number of hydrogen-bond acceptors (Lipinski definition) is 7. The highest BCUT2D eigenvalue weighted by atomic mass is 16.5. The van der Waals surface area contributed by atoms with Crippen molar-refractivity contribution in [1.82, 2.24) is 0 Å². The molecule has 3 N–H and O–H groups in total. The fourth-order valence-electron chi connectivity index (χ4n) is 3.15. The summed E-state index contributed by atoms with van der Waals surface area (Å²) in [6.07, 6.45) is 0.462. The summed E-state index contributed by atoms with van der Waals surface area (Å²) in [6, 6.07) is 4.96. The predicted molar refractivity (Wildman–Crippen MR) is 89.5 cm³/mol. The van der Waals surface area contributed by atoms with Crippen LogP contribution < -0.4 is 18.9 Å². The molecule has 2 aromatic carbocycles. The normalized spacial score (nSPS) is 15.9. The number of hydrogen-bond donors (Lipinski definition) is 3. The first-order valence-electron chi connectivity index (χ1n) is 7.70. The molecule has 0 fully saturated rings. The molecule has 0 spiro atoms. The van der Waals surface area contributed by atoms with Crippen LogP contribution >= 0.6 is 0 Å². The summed E-state index contributed by atoms with van der Waals surface area (Å²) in [7, 11) is 4.31. The lowest BCUT2D eigenvalue weighted by atomic mass is 9.89. The van der Waals surface area contributed by atoms with Crippen LogP contribution in [0.1, 0.15) is 17.0 Å². The van der Waals surface area contributed by atoms with Crippen molar-refractivity contribution in [3.05, 3.63) is 29.3 Å². The molecule has 7 heteroatoms. The Balaban J connectivity index is 1.99. The fourth-order valence-corrected chi connectivity index (χ4v) is 3.15. The average molecular weight is 348 g/mol. The first-order valence-corrected chi connectivity index (χ1v) is 7.70. The zero-order chi connectivity index (χ0) is 18.1. The minimum atomic E-state index is -0.229. The first-order chi connectivity index (χ1) is 12.0. The molecule has 1 aliphatic heterocycles. The van der Waals surface area contributed by atoms with Crippen LogP contribution in [-0.2, 0) is 6.42 Å². The van der Waals surface area contributed by atoms with E-state index < -0.39 is 0 Å². The highest BCUT2D eigenvalue weighted by molar-refractivity contribution is 5.63. The van der Waals surface area contributed by atoms with E-state index in [-0.39, 0.29) is 47.0 Å². The molecule has 0 radical (unpaired) electrons. The van der Waals surface area contributed by atoms with Crippen molar-refractivity contribution in [2.75, 3.05) is 27.9 Å². The van der Waals surface area contributed by atoms with E-state index in [9.17, 15) is 15.3 Å².